The maximum Gasteiger partial charge on any atom is 0.342 e. The normalized spacial score (nSPS) is 18.3. The number of hydrogen-bond donors (Lipinski definition) is 1. The van der Waals surface area contributed by atoms with E-state index in [0.717, 1.165) is 17.2 Å². The number of rotatable bonds is 6. The van der Waals surface area contributed by atoms with Gasteiger partial charge < -0.3 is 23.7 Å². The van der Waals surface area contributed by atoms with E-state index >= 15 is 0 Å². The van der Waals surface area contributed by atoms with E-state index in [1.807, 2.05) is 0 Å². The van der Waals surface area contributed by atoms with E-state index in [1.54, 1.807) is 48.5 Å². The Morgan fingerprint density at radius 3 is 2.59 bits per heavy atom. The third-order valence-corrected chi connectivity index (χ3v) is 5.96. The predicted octanol–water partition coefficient (Wildman–Crippen LogP) is 3.70. The number of aromatic nitrogens is 2. The number of cyclic esters (lactones) is 1. The third kappa shape index (κ3) is 3.22. The first-order valence-electron chi connectivity index (χ1n) is 9.70. The number of benzene rings is 2. The number of nitrogens with zero attached hydrogens (tertiary/aromatic N) is 2. The molecule has 0 spiro atoms. The highest BCUT2D eigenvalue weighted by molar-refractivity contribution is 7.00. The highest BCUT2D eigenvalue weighted by Crippen LogP contribution is 2.46. The zero-order valence-corrected chi connectivity index (χ0v) is 18.0. The Kier molecular flexibility index (Phi) is 4.91. The van der Waals surface area contributed by atoms with Crippen LogP contribution >= 0.6 is 11.7 Å². The number of carbonyl (C=O) groups excluding carboxylic acids is 1. The predicted molar refractivity (Wildman–Crippen MR) is 116 cm³/mol. The maximum absolute atomic E-state index is 13.1. The quantitative estimate of drug-likeness (QED) is 0.444. The molecule has 32 heavy (non-hydrogen) atoms. The van der Waals surface area contributed by atoms with Crippen LogP contribution in [0.2, 0.25) is 0 Å². The van der Waals surface area contributed by atoms with Crippen molar-refractivity contribution in [2.45, 2.75) is 12.2 Å². The molecule has 1 aliphatic heterocycles. The molecule has 0 amide bonds. The van der Waals surface area contributed by atoms with Crippen molar-refractivity contribution in [1.29, 1.82) is 0 Å². The molecule has 0 bridgehead atoms. The fourth-order valence-electron chi connectivity index (χ4n) is 3.84. The molecule has 162 valence electrons. The first kappa shape index (κ1) is 20.2. The number of hydrogen-bond acceptors (Lipinski definition) is 9. The lowest BCUT2D eigenvalue weighted by molar-refractivity contribution is -0.185. The molecule has 5 rings (SSSR count). The smallest absolute Gasteiger partial charge is 0.342 e. The number of carbonyl (C=O) groups is 1. The van der Waals surface area contributed by atoms with Crippen molar-refractivity contribution < 1.29 is 28.5 Å². The first-order valence-corrected chi connectivity index (χ1v) is 10.4. The molecular weight excluding hydrogens is 432 g/mol. The van der Waals surface area contributed by atoms with Crippen molar-refractivity contribution in [3.63, 3.8) is 0 Å². The Morgan fingerprint density at radius 2 is 1.84 bits per heavy atom. The van der Waals surface area contributed by atoms with Crippen LogP contribution in [0, 0.1) is 0 Å². The summed E-state index contributed by atoms with van der Waals surface area (Å²) in [6, 6.07) is 13.7. The van der Waals surface area contributed by atoms with Crippen LogP contribution in [0.3, 0.4) is 0 Å². The van der Waals surface area contributed by atoms with E-state index in [4.69, 9.17) is 18.6 Å². The van der Waals surface area contributed by atoms with Crippen molar-refractivity contribution in [3.05, 3.63) is 77.3 Å². The van der Waals surface area contributed by atoms with Crippen molar-refractivity contribution in [2.24, 2.45) is 0 Å². The van der Waals surface area contributed by atoms with Gasteiger partial charge in [0.25, 0.3) is 5.79 Å². The van der Waals surface area contributed by atoms with Gasteiger partial charge in [-0.3, -0.25) is 0 Å². The summed E-state index contributed by atoms with van der Waals surface area (Å²) in [6.45, 7) is 0. The van der Waals surface area contributed by atoms with Crippen LogP contribution < -0.4 is 9.47 Å². The van der Waals surface area contributed by atoms with Gasteiger partial charge in [-0.25, -0.2) is 4.79 Å². The van der Waals surface area contributed by atoms with Crippen LogP contribution in [-0.2, 0) is 21.7 Å². The second kappa shape index (κ2) is 7.77. The Bertz CT molecular complexity index is 1340. The molecule has 9 heteroatoms. The van der Waals surface area contributed by atoms with Gasteiger partial charge in [0.15, 0.2) is 11.5 Å². The molecule has 0 saturated carbocycles. The molecule has 0 saturated heterocycles. The molecule has 1 N–H and O–H groups in total. The van der Waals surface area contributed by atoms with Gasteiger partial charge in [0.2, 0.25) is 0 Å². The van der Waals surface area contributed by atoms with Gasteiger partial charge in [-0.2, -0.15) is 8.75 Å². The number of furan rings is 1. The average molecular weight is 450 g/mol. The molecule has 8 nitrogen and oxygen atoms in total. The monoisotopic (exact) mass is 450 g/mol. The SMILES string of the molecule is COc1ccc(C2(O)OC(=O)C(c3ccc4nsnc4c3)=C2Cc2ccco2)cc1OC. The standard InChI is InChI=1S/C23H18N2O6S/c1-28-19-8-6-14(11-20(19)29-2)23(27)16(12-15-4-3-9-30-15)21(22(26)31-23)13-5-7-17-18(10-13)25-32-24-17/h3-11,27H,12H2,1-2H3. The topological polar surface area (TPSA) is 104 Å². The summed E-state index contributed by atoms with van der Waals surface area (Å²) in [4.78, 5) is 13.1. The van der Waals surface area contributed by atoms with E-state index < -0.39 is 11.8 Å². The van der Waals surface area contributed by atoms with E-state index in [9.17, 15) is 9.90 Å². The third-order valence-electron chi connectivity index (χ3n) is 5.40. The van der Waals surface area contributed by atoms with E-state index in [0.29, 0.717) is 39.5 Å². The van der Waals surface area contributed by atoms with Crippen LogP contribution in [-0.4, -0.2) is 34.0 Å². The van der Waals surface area contributed by atoms with Gasteiger partial charge in [-0.1, -0.05) is 6.07 Å². The summed E-state index contributed by atoms with van der Waals surface area (Å²) < 4.78 is 30.2. The second-order valence-electron chi connectivity index (χ2n) is 7.18. The minimum atomic E-state index is -2.02. The summed E-state index contributed by atoms with van der Waals surface area (Å²) in [5.74, 6) is -1.20. The number of esters is 1. The summed E-state index contributed by atoms with van der Waals surface area (Å²) in [6.07, 6.45) is 1.70. The van der Waals surface area contributed by atoms with E-state index in [1.165, 1.54) is 20.5 Å². The minimum Gasteiger partial charge on any atom is -0.493 e. The molecule has 0 fully saturated rings. The van der Waals surface area contributed by atoms with E-state index in [2.05, 4.69) is 8.75 Å². The lowest BCUT2D eigenvalue weighted by Crippen LogP contribution is -2.29. The number of ether oxygens (including phenoxy) is 3. The molecule has 0 radical (unpaired) electrons. The van der Waals surface area contributed by atoms with Crippen LogP contribution in [0.5, 0.6) is 11.5 Å². The fraction of sp³-hybridized carbons (Fsp3) is 0.174. The molecule has 0 aliphatic carbocycles. The van der Waals surface area contributed by atoms with Crippen molar-refractivity contribution in [3.8, 4) is 11.5 Å². The summed E-state index contributed by atoms with van der Waals surface area (Å²) >= 11 is 1.09. The molecule has 3 heterocycles. The maximum atomic E-state index is 13.1. The molecule has 4 aromatic rings. The van der Waals surface area contributed by atoms with Gasteiger partial charge >= 0.3 is 5.97 Å². The van der Waals surface area contributed by atoms with Gasteiger partial charge in [0, 0.05) is 17.6 Å². The largest absolute Gasteiger partial charge is 0.493 e. The minimum absolute atomic E-state index is 0.159. The summed E-state index contributed by atoms with van der Waals surface area (Å²) in [7, 11) is 3.01. The number of aliphatic hydroxyl groups is 1. The van der Waals surface area contributed by atoms with E-state index in [-0.39, 0.29) is 12.0 Å². The lowest BCUT2D eigenvalue weighted by Gasteiger charge is -2.26. The van der Waals surface area contributed by atoms with Gasteiger partial charge in [-0.15, -0.1) is 0 Å². The lowest BCUT2D eigenvalue weighted by atomic mass is 9.89. The van der Waals surface area contributed by atoms with Gasteiger partial charge in [0.05, 0.1) is 37.8 Å². The highest BCUT2D eigenvalue weighted by atomic mass is 32.1. The molecule has 2 aromatic carbocycles. The van der Waals surface area contributed by atoms with Crippen LogP contribution in [0.1, 0.15) is 16.9 Å². The van der Waals surface area contributed by atoms with Crippen molar-refractivity contribution >= 4 is 34.3 Å². The Labute approximate surface area is 187 Å². The van der Waals surface area contributed by atoms with Crippen LogP contribution in [0.15, 0.2) is 64.8 Å². The molecule has 1 atom stereocenters. The Morgan fingerprint density at radius 1 is 1.03 bits per heavy atom. The van der Waals surface area contributed by atoms with Crippen molar-refractivity contribution in [2.75, 3.05) is 14.2 Å². The zero-order valence-electron chi connectivity index (χ0n) is 17.2. The first-order chi connectivity index (χ1) is 15.5. The average Bonchev–Trinajstić information content (AvgIpc) is 3.53. The molecule has 1 aliphatic rings. The summed E-state index contributed by atoms with van der Waals surface area (Å²) in [5, 5.41) is 11.7. The number of methoxy groups -OCH3 is 2. The molecular formula is C23H18N2O6S. The van der Waals surface area contributed by atoms with Gasteiger partial charge in [-0.05, 0) is 48.0 Å². The molecule has 1 unspecified atom stereocenters. The van der Waals surface area contributed by atoms with Crippen molar-refractivity contribution in [1.82, 2.24) is 8.75 Å². The molecule has 2 aromatic heterocycles. The van der Waals surface area contributed by atoms with Crippen LogP contribution in [0.4, 0.5) is 0 Å². The van der Waals surface area contributed by atoms with Crippen LogP contribution in [0.25, 0.3) is 16.6 Å². The Balaban J connectivity index is 1.70. The van der Waals surface area contributed by atoms with Gasteiger partial charge in [0.1, 0.15) is 16.8 Å². The zero-order chi connectivity index (χ0) is 22.3. The Hall–Kier alpha value is -3.69. The fourth-order valence-corrected chi connectivity index (χ4v) is 4.36. The number of fused-ring (bicyclic) bond motifs is 1. The summed E-state index contributed by atoms with van der Waals surface area (Å²) in [5.41, 5.74) is 2.91. The highest BCUT2D eigenvalue weighted by Gasteiger charge is 2.48. The second-order valence-corrected chi connectivity index (χ2v) is 7.71.